The summed E-state index contributed by atoms with van der Waals surface area (Å²) in [6.07, 6.45) is 3.73. The van der Waals surface area contributed by atoms with Crippen LogP contribution in [0.25, 0.3) is 89.4 Å². The van der Waals surface area contributed by atoms with Crippen LogP contribution < -0.4 is 9.80 Å². The Morgan fingerprint density at radius 2 is 0.583 bits per heavy atom. The molecule has 0 spiro atoms. The zero-order valence-corrected chi connectivity index (χ0v) is 52.1. The van der Waals surface area contributed by atoms with E-state index in [1.54, 1.807) is 24.3 Å². The molecule has 2 aliphatic carbocycles. The first-order valence-corrected chi connectivity index (χ1v) is 32.4. The van der Waals surface area contributed by atoms with E-state index in [0.29, 0.717) is 0 Å². The van der Waals surface area contributed by atoms with E-state index in [-0.39, 0.29) is 11.6 Å². The minimum absolute atomic E-state index is 0.289. The van der Waals surface area contributed by atoms with Crippen molar-refractivity contribution in [1.29, 1.82) is 0 Å². The average molecular weight is 1240 g/mol. The molecule has 6 heteroatoms. The summed E-state index contributed by atoms with van der Waals surface area (Å²) >= 11 is 0. The van der Waals surface area contributed by atoms with Crippen LogP contribution in [0, 0.1) is 11.6 Å². The number of hydrogen-bond acceptors (Lipinski definition) is 4. The van der Waals surface area contributed by atoms with Gasteiger partial charge in [-0.15, -0.1) is 0 Å². The summed E-state index contributed by atoms with van der Waals surface area (Å²) in [5, 5.41) is 4.20. The standard InChI is InChI=1S/C90H58F2N2O2/c1-3-57-21-29-61(30-22-57)89(63-33-37-65(91)38-34-63)81-17-9-5-13-73(81)75-49-45-69(53-83(75)89)93(71-47-51-79-77-15-7-11-19-85(77)95-87(79)55-71)67-41-25-59(26-42-67)60-27-43-68(44-28-60)94(72-48-52-80-78-16-8-12-20-86(78)96-88(80)56-72)70-46-50-76-74-14-6-10-18-82(74)90(84(76)54-70,64-35-39-66(92)40-36-64)62-31-23-58(4-2)24-32-62/h3-56H,1-2H2. The van der Waals surface area contributed by atoms with E-state index < -0.39 is 10.8 Å². The molecule has 2 heterocycles. The molecular weight excluding hydrogens is 1180 g/mol. The van der Waals surface area contributed by atoms with E-state index in [1.165, 1.54) is 0 Å². The summed E-state index contributed by atoms with van der Waals surface area (Å²) in [6.45, 7) is 8.14. The molecule has 4 nitrogen and oxygen atoms in total. The topological polar surface area (TPSA) is 32.8 Å². The Bertz CT molecular complexity index is 5410. The highest BCUT2D eigenvalue weighted by atomic mass is 19.1. The van der Waals surface area contributed by atoms with Gasteiger partial charge in [0.2, 0.25) is 0 Å². The summed E-state index contributed by atoms with van der Waals surface area (Å²) in [5.41, 5.74) is 24.4. The number of rotatable bonds is 13. The highest BCUT2D eigenvalue weighted by Crippen LogP contribution is 2.60. The van der Waals surface area contributed by atoms with Gasteiger partial charge < -0.3 is 18.6 Å². The van der Waals surface area contributed by atoms with E-state index in [1.807, 2.05) is 72.8 Å². The van der Waals surface area contributed by atoms with Crippen molar-refractivity contribution in [3.63, 3.8) is 0 Å². The smallest absolute Gasteiger partial charge is 0.137 e. The summed E-state index contributed by atoms with van der Waals surface area (Å²) in [5.74, 6) is -0.578. The normalized spacial score (nSPS) is 15.1. The quantitative estimate of drug-likeness (QED) is 0.115. The van der Waals surface area contributed by atoms with Gasteiger partial charge in [0.1, 0.15) is 34.0 Å². The van der Waals surface area contributed by atoms with Crippen LogP contribution in [0.1, 0.15) is 55.6 Å². The second-order valence-corrected chi connectivity index (χ2v) is 25.0. The lowest BCUT2D eigenvalue weighted by Gasteiger charge is -2.35. The number of fused-ring (bicyclic) bond motifs is 12. The van der Waals surface area contributed by atoms with Crippen LogP contribution in [0.15, 0.2) is 337 Å². The van der Waals surface area contributed by atoms with E-state index in [4.69, 9.17) is 8.83 Å². The molecule has 2 unspecified atom stereocenters. The molecular formula is C90H58F2N2O2. The van der Waals surface area contributed by atoms with Crippen LogP contribution in [0.5, 0.6) is 0 Å². The molecule has 2 atom stereocenters. The van der Waals surface area contributed by atoms with Crippen molar-refractivity contribution in [3.8, 4) is 33.4 Å². The lowest BCUT2D eigenvalue weighted by atomic mass is 9.67. The first kappa shape index (κ1) is 56.4. The molecule has 454 valence electrons. The van der Waals surface area contributed by atoms with Crippen molar-refractivity contribution >= 4 is 90.2 Å². The molecule has 0 saturated carbocycles. The largest absolute Gasteiger partial charge is 0.456 e. The molecule has 96 heavy (non-hydrogen) atoms. The van der Waals surface area contributed by atoms with Gasteiger partial charge in [-0.2, -0.15) is 0 Å². The monoisotopic (exact) mass is 1240 g/mol. The van der Waals surface area contributed by atoms with Crippen molar-refractivity contribution in [3.05, 3.63) is 396 Å². The highest BCUT2D eigenvalue weighted by molar-refractivity contribution is 6.07. The minimum atomic E-state index is -0.797. The summed E-state index contributed by atoms with van der Waals surface area (Å²) in [6, 6.07) is 109. The van der Waals surface area contributed by atoms with Gasteiger partial charge >= 0.3 is 0 Å². The molecule has 0 amide bonds. The molecule has 0 radical (unpaired) electrons. The molecule has 0 saturated heterocycles. The van der Waals surface area contributed by atoms with Gasteiger partial charge in [-0.25, -0.2) is 8.78 Å². The molecule has 2 aliphatic rings. The van der Waals surface area contributed by atoms with Gasteiger partial charge in [0.05, 0.1) is 10.8 Å². The predicted molar refractivity (Wildman–Crippen MR) is 391 cm³/mol. The summed E-state index contributed by atoms with van der Waals surface area (Å²) in [4.78, 5) is 4.62. The highest BCUT2D eigenvalue weighted by Gasteiger charge is 2.48. The number of nitrogens with zero attached hydrogens (tertiary/aromatic N) is 2. The van der Waals surface area contributed by atoms with E-state index >= 15 is 8.78 Å². The van der Waals surface area contributed by atoms with Crippen molar-refractivity contribution in [2.75, 3.05) is 9.80 Å². The molecule has 2 aromatic heterocycles. The maximum Gasteiger partial charge on any atom is 0.137 e. The van der Waals surface area contributed by atoms with Crippen LogP contribution in [-0.4, -0.2) is 0 Å². The van der Waals surface area contributed by atoms with Crippen LogP contribution in [0.2, 0.25) is 0 Å². The SMILES string of the molecule is C=Cc1ccc(C2(c3ccc(F)cc3)c3ccccc3-c3ccc(N(c4ccc(-c5ccc(N(c6ccc7c(c6)C(c6ccc(F)cc6)(c6ccc(C=C)cc6)c6ccccc6-7)c6ccc7c(c6)oc6ccccc67)cc5)cc4)c4ccc5c(c4)oc4ccccc45)cc32)cc1. The fraction of sp³-hybridized carbons (Fsp3) is 0.0222. The summed E-state index contributed by atoms with van der Waals surface area (Å²) < 4.78 is 43.3. The first-order valence-electron chi connectivity index (χ1n) is 32.4. The molecule has 0 N–H and O–H groups in total. The number of para-hydroxylation sites is 2. The van der Waals surface area contributed by atoms with Crippen molar-refractivity contribution < 1.29 is 17.6 Å². The fourth-order valence-corrected chi connectivity index (χ4v) is 15.7. The Labute approximate surface area is 554 Å². The predicted octanol–water partition coefficient (Wildman–Crippen LogP) is 24.4. The number of hydrogen-bond donors (Lipinski definition) is 0. The van der Waals surface area contributed by atoms with Gasteiger partial charge in [0.15, 0.2) is 0 Å². The lowest BCUT2D eigenvalue weighted by molar-refractivity contribution is 0.624. The number of furan rings is 2. The molecule has 0 aliphatic heterocycles. The third-order valence-corrected chi connectivity index (χ3v) is 20.1. The van der Waals surface area contributed by atoms with Crippen molar-refractivity contribution in [2.45, 2.75) is 10.8 Å². The van der Waals surface area contributed by atoms with Crippen molar-refractivity contribution in [1.82, 2.24) is 0 Å². The Morgan fingerprint density at radius 3 is 0.979 bits per heavy atom. The van der Waals surface area contributed by atoms with Gasteiger partial charge in [-0.05, 0) is 198 Å². The van der Waals surface area contributed by atoms with Crippen LogP contribution in [0.3, 0.4) is 0 Å². The van der Waals surface area contributed by atoms with Crippen LogP contribution >= 0.6 is 0 Å². The molecule has 14 aromatic carbocycles. The van der Waals surface area contributed by atoms with Crippen molar-refractivity contribution in [2.24, 2.45) is 0 Å². The van der Waals surface area contributed by atoms with Gasteiger partial charge in [0.25, 0.3) is 0 Å². The Balaban J connectivity index is 0.772. The zero-order chi connectivity index (χ0) is 64.2. The van der Waals surface area contributed by atoms with Gasteiger partial charge in [-0.1, -0.05) is 219 Å². The van der Waals surface area contributed by atoms with E-state index in [2.05, 4.69) is 253 Å². The number of halogens is 2. The van der Waals surface area contributed by atoms with Gasteiger partial charge in [-0.3, -0.25) is 0 Å². The second kappa shape index (κ2) is 22.2. The third-order valence-electron chi connectivity index (χ3n) is 20.1. The third kappa shape index (κ3) is 8.65. The second-order valence-electron chi connectivity index (χ2n) is 25.0. The Morgan fingerprint density at radius 1 is 0.271 bits per heavy atom. The number of benzene rings is 14. The molecule has 18 rings (SSSR count). The Hall–Kier alpha value is -12.4. The van der Waals surface area contributed by atoms with Crippen LogP contribution in [0.4, 0.5) is 42.9 Å². The zero-order valence-electron chi connectivity index (χ0n) is 52.1. The molecule has 0 fully saturated rings. The molecule has 16 aromatic rings. The maximum atomic E-state index is 15.1. The van der Waals surface area contributed by atoms with E-state index in [9.17, 15) is 0 Å². The Kier molecular flexibility index (Phi) is 13.0. The van der Waals surface area contributed by atoms with E-state index in [0.717, 1.165) is 167 Å². The lowest BCUT2D eigenvalue weighted by Crippen LogP contribution is -2.29. The number of anilines is 6. The first-order chi connectivity index (χ1) is 47.3. The maximum absolute atomic E-state index is 15.1. The van der Waals surface area contributed by atoms with Gasteiger partial charge in [0, 0.05) is 67.8 Å². The minimum Gasteiger partial charge on any atom is -0.456 e. The summed E-state index contributed by atoms with van der Waals surface area (Å²) in [7, 11) is 0. The van der Waals surface area contributed by atoms with Crippen LogP contribution in [-0.2, 0) is 10.8 Å². The fourth-order valence-electron chi connectivity index (χ4n) is 15.7. The average Bonchev–Trinajstić information content (AvgIpc) is 1.52. The molecule has 0 bridgehead atoms.